The van der Waals surface area contributed by atoms with Crippen LogP contribution in [0.3, 0.4) is 0 Å². The van der Waals surface area contributed by atoms with Crippen molar-refractivity contribution in [1.29, 1.82) is 0 Å². The fraction of sp³-hybridized carbons (Fsp3) is 0.348. The summed E-state index contributed by atoms with van der Waals surface area (Å²) in [7, 11) is 0. The van der Waals surface area contributed by atoms with Crippen LogP contribution in [0.25, 0.3) is 0 Å². The van der Waals surface area contributed by atoms with Crippen molar-refractivity contribution in [2.45, 2.75) is 19.8 Å². The zero-order valence-electron chi connectivity index (χ0n) is 16.6. The Labute approximate surface area is 170 Å². The van der Waals surface area contributed by atoms with Gasteiger partial charge >= 0.3 is 0 Å². The van der Waals surface area contributed by atoms with E-state index < -0.39 is 0 Å². The summed E-state index contributed by atoms with van der Waals surface area (Å²) in [6.07, 6.45) is 1.91. The van der Waals surface area contributed by atoms with Crippen molar-refractivity contribution in [2.75, 3.05) is 37.6 Å². The number of amides is 3. The Hall–Kier alpha value is -3.15. The summed E-state index contributed by atoms with van der Waals surface area (Å²) in [5, 5.41) is 0. The van der Waals surface area contributed by atoms with Crippen molar-refractivity contribution in [3.63, 3.8) is 0 Å². The number of carbonyl (C=O) groups excluding carboxylic acids is 3. The number of para-hydroxylation sites is 1. The van der Waals surface area contributed by atoms with Gasteiger partial charge < -0.3 is 14.7 Å². The normalized spacial score (nSPS) is 16.4. The number of nitrogens with zero attached hydrogens (tertiary/aromatic N) is 3. The van der Waals surface area contributed by atoms with Crippen LogP contribution in [-0.2, 0) is 11.2 Å². The molecule has 2 aliphatic heterocycles. The Morgan fingerprint density at radius 1 is 0.759 bits per heavy atom. The van der Waals surface area contributed by atoms with Crippen LogP contribution in [0.5, 0.6) is 0 Å². The van der Waals surface area contributed by atoms with E-state index in [1.807, 2.05) is 23.1 Å². The molecule has 29 heavy (non-hydrogen) atoms. The summed E-state index contributed by atoms with van der Waals surface area (Å²) >= 11 is 0. The van der Waals surface area contributed by atoms with E-state index in [0.29, 0.717) is 43.9 Å². The number of piperazine rings is 1. The van der Waals surface area contributed by atoms with Crippen LogP contribution >= 0.6 is 0 Å². The van der Waals surface area contributed by atoms with Crippen LogP contribution in [0.1, 0.15) is 39.6 Å². The van der Waals surface area contributed by atoms with Crippen LogP contribution in [0, 0.1) is 0 Å². The first-order valence-corrected chi connectivity index (χ1v) is 10.1. The number of hydrogen-bond acceptors (Lipinski definition) is 3. The van der Waals surface area contributed by atoms with Gasteiger partial charge in [0, 0.05) is 56.5 Å². The SMILES string of the molecule is CC(=O)N1CCN(C(=O)c2cccc(C(=O)N3CCCc4ccccc43)c2)CC1. The fourth-order valence-corrected chi connectivity index (χ4v) is 4.09. The molecule has 6 nitrogen and oxygen atoms in total. The number of carbonyl (C=O) groups is 3. The molecule has 0 radical (unpaired) electrons. The molecule has 2 heterocycles. The largest absolute Gasteiger partial charge is 0.339 e. The standard InChI is InChI=1S/C23H25N3O3/c1-17(27)24-12-14-25(15-13-24)22(28)19-7-4-8-20(16-19)23(29)26-11-5-9-18-6-2-3-10-21(18)26/h2-4,6-8,10,16H,5,9,11-15H2,1H3. The van der Waals surface area contributed by atoms with E-state index in [4.69, 9.17) is 0 Å². The highest BCUT2D eigenvalue weighted by molar-refractivity contribution is 6.08. The van der Waals surface area contributed by atoms with Crippen molar-refractivity contribution in [1.82, 2.24) is 9.80 Å². The monoisotopic (exact) mass is 391 g/mol. The molecule has 2 aromatic rings. The van der Waals surface area contributed by atoms with E-state index in [9.17, 15) is 14.4 Å². The predicted molar refractivity (Wildman–Crippen MR) is 111 cm³/mol. The second kappa shape index (κ2) is 8.07. The minimum Gasteiger partial charge on any atom is -0.339 e. The number of hydrogen-bond donors (Lipinski definition) is 0. The molecule has 2 aliphatic rings. The molecular weight excluding hydrogens is 366 g/mol. The Balaban J connectivity index is 1.51. The van der Waals surface area contributed by atoms with Crippen LogP contribution < -0.4 is 4.90 Å². The number of aryl methyl sites for hydroxylation is 1. The molecular formula is C23H25N3O3. The molecule has 0 spiro atoms. The molecule has 150 valence electrons. The molecule has 0 aromatic heterocycles. The molecule has 1 fully saturated rings. The lowest BCUT2D eigenvalue weighted by Crippen LogP contribution is -2.50. The molecule has 0 saturated carbocycles. The Morgan fingerprint density at radius 3 is 2.14 bits per heavy atom. The average molecular weight is 391 g/mol. The molecule has 2 aromatic carbocycles. The van der Waals surface area contributed by atoms with Gasteiger partial charge in [-0.15, -0.1) is 0 Å². The third-order valence-corrected chi connectivity index (χ3v) is 5.72. The highest BCUT2D eigenvalue weighted by Crippen LogP contribution is 2.28. The van der Waals surface area contributed by atoms with Gasteiger partial charge in [0.15, 0.2) is 0 Å². The first-order valence-electron chi connectivity index (χ1n) is 10.1. The number of fused-ring (bicyclic) bond motifs is 1. The molecule has 6 heteroatoms. The predicted octanol–water partition coefficient (Wildman–Crippen LogP) is 2.58. The summed E-state index contributed by atoms with van der Waals surface area (Å²) in [5.41, 5.74) is 3.18. The van der Waals surface area contributed by atoms with Gasteiger partial charge in [-0.2, -0.15) is 0 Å². The topological polar surface area (TPSA) is 60.9 Å². The molecule has 0 bridgehead atoms. The summed E-state index contributed by atoms with van der Waals surface area (Å²) in [4.78, 5) is 42.9. The highest BCUT2D eigenvalue weighted by Gasteiger charge is 2.26. The van der Waals surface area contributed by atoms with Crippen LogP contribution in [0.15, 0.2) is 48.5 Å². The third-order valence-electron chi connectivity index (χ3n) is 5.72. The zero-order valence-corrected chi connectivity index (χ0v) is 16.6. The van der Waals surface area contributed by atoms with E-state index in [2.05, 4.69) is 6.07 Å². The smallest absolute Gasteiger partial charge is 0.258 e. The van der Waals surface area contributed by atoms with E-state index in [1.165, 1.54) is 5.56 Å². The molecule has 4 rings (SSSR count). The maximum atomic E-state index is 13.2. The van der Waals surface area contributed by atoms with Crippen molar-refractivity contribution in [3.8, 4) is 0 Å². The van der Waals surface area contributed by atoms with Gasteiger partial charge in [-0.3, -0.25) is 14.4 Å². The lowest BCUT2D eigenvalue weighted by atomic mass is 10.0. The van der Waals surface area contributed by atoms with Crippen molar-refractivity contribution < 1.29 is 14.4 Å². The molecule has 0 atom stereocenters. The van der Waals surface area contributed by atoms with Gasteiger partial charge in [0.25, 0.3) is 11.8 Å². The van der Waals surface area contributed by atoms with E-state index in [-0.39, 0.29) is 17.7 Å². The van der Waals surface area contributed by atoms with Gasteiger partial charge in [0.2, 0.25) is 5.91 Å². The lowest BCUT2D eigenvalue weighted by molar-refractivity contribution is -0.130. The Bertz CT molecular complexity index is 948. The summed E-state index contributed by atoms with van der Waals surface area (Å²) in [6, 6.07) is 15.0. The number of rotatable bonds is 2. The molecule has 0 N–H and O–H groups in total. The third kappa shape index (κ3) is 3.88. The number of anilines is 1. The van der Waals surface area contributed by atoms with Crippen LogP contribution in [0.2, 0.25) is 0 Å². The highest BCUT2D eigenvalue weighted by atomic mass is 16.2. The summed E-state index contributed by atoms with van der Waals surface area (Å²) in [5.74, 6) is -0.137. The van der Waals surface area contributed by atoms with Gasteiger partial charge in [0.05, 0.1) is 0 Å². The maximum absolute atomic E-state index is 13.2. The fourth-order valence-electron chi connectivity index (χ4n) is 4.09. The minimum atomic E-state index is -0.0955. The minimum absolute atomic E-state index is 0.0338. The zero-order chi connectivity index (χ0) is 20.4. The lowest BCUT2D eigenvalue weighted by Gasteiger charge is -2.34. The summed E-state index contributed by atoms with van der Waals surface area (Å²) < 4.78 is 0. The first kappa shape index (κ1) is 19.2. The quantitative estimate of drug-likeness (QED) is 0.791. The maximum Gasteiger partial charge on any atom is 0.258 e. The van der Waals surface area contributed by atoms with Gasteiger partial charge in [-0.05, 0) is 42.7 Å². The van der Waals surface area contributed by atoms with Crippen molar-refractivity contribution in [2.24, 2.45) is 0 Å². The van der Waals surface area contributed by atoms with E-state index in [1.54, 1.807) is 41.0 Å². The first-order chi connectivity index (χ1) is 14.0. The van der Waals surface area contributed by atoms with Crippen LogP contribution in [0.4, 0.5) is 5.69 Å². The van der Waals surface area contributed by atoms with Crippen molar-refractivity contribution in [3.05, 3.63) is 65.2 Å². The Kier molecular flexibility index (Phi) is 5.34. The van der Waals surface area contributed by atoms with E-state index in [0.717, 1.165) is 18.5 Å². The molecule has 3 amide bonds. The number of benzene rings is 2. The van der Waals surface area contributed by atoms with Crippen LogP contribution in [-0.4, -0.2) is 60.2 Å². The average Bonchev–Trinajstić information content (AvgIpc) is 2.78. The van der Waals surface area contributed by atoms with Gasteiger partial charge in [-0.25, -0.2) is 0 Å². The summed E-state index contributed by atoms with van der Waals surface area (Å²) in [6.45, 7) is 4.34. The molecule has 0 unspecified atom stereocenters. The Morgan fingerprint density at radius 2 is 1.41 bits per heavy atom. The second-order valence-corrected chi connectivity index (χ2v) is 7.57. The van der Waals surface area contributed by atoms with Crippen molar-refractivity contribution >= 4 is 23.4 Å². The van der Waals surface area contributed by atoms with Gasteiger partial charge in [0.1, 0.15) is 0 Å². The molecule has 0 aliphatic carbocycles. The van der Waals surface area contributed by atoms with Gasteiger partial charge in [-0.1, -0.05) is 24.3 Å². The van der Waals surface area contributed by atoms with E-state index >= 15 is 0 Å². The molecule has 1 saturated heterocycles. The second-order valence-electron chi connectivity index (χ2n) is 7.57.